The number of rotatable bonds is 7. The maximum Gasteiger partial charge on any atom is 0.295 e. The van der Waals surface area contributed by atoms with E-state index in [1.807, 2.05) is 32.0 Å². The Morgan fingerprint density at radius 3 is 2.63 bits per heavy atom. The number of Topliss-reactive ketones (excluding diaryl/α,β-unsaturated/α-hetero) is 1. The summed E-state index contributed by atoms with van der Waals surface area (Å²) in [4.78, 5) is 45.2. The van der Waals surface area contributed by atoms with Gasteiger partial charge in [0.2, 0.25) is 0 Å². The zero-order chi connectivity index (χ0) is 25.4. The molecule has 10 nitrogen and oxygen atoms in total. The monoisotopic (exact) mass is 477 g/mol. The Labute approximate surface area is 202 Å². The van der Waals surface area contributed by atoms with Crippen LogP contribution in [0.5, 0.6) is 0 Å². The molecule has 3 aromatic rings. The number of non-ortho nitro benzene ring substituents is 1. The predicted molar refractivity (Wildman–Crippen MR) is 130 cm³/mol. The number of aromatic nitrogens is 2. The van der Waals surface area contributed by atoms with Crippen molar-refractivity contribution in [2.45, 2.75) is 26.3 Å². The maximum atomic E-state index is 13.3. The van der Waals surface area contributed by atoms with E-state index < -0.39 is 22.7 Å². The van der Waals surface area contributed by atoms with Crippen molar-refractivity contribution in [3.63, 3.8) is 0 Å². The molecule has 3 heterocycles. The molecule has 4 rings (SSSR count). The molecule has 0 unspecified atom stereocenters. The summed E-state index contributed by atoms with van der Waals surface area (Å²) in [6, 6.07) is 8.55. The first-order valence-corrected chi connectivity index (χ1v) is 11.2. The zero-order valence-corrected chi connectivity index (χ0v) is 20.1. The Bertz CT molecular complexity index is 1370. The molecule has 1 N–H and O–H groups in total. The number of likely N-dealkylation sites (tertiary alicyclic amines) is 1. The number of amides is 1. The highest BCUT2D eigenvalue weighted by atomic mass is 16.6. The van der Waals surface area contributed by atoms with Crippen molar-refractivity contribution in [2.75, 3.05) is 27.2 Å². The highest BCUT2D eigenvalue weighted by Crippen LogP contribution is 2.41. The number of aryl methyl sites for hydroxylation is 2. The molecule has 2 aromatic heterocycles. The third-order valence-electron chi connectivity index (χ3n) is 6.18. The third-order valence-corrected chi connectivity index (χ3v) is 6.18. The molecule has 0 spiro atoms. The molecule has 10 heteroatoms. The lowest BCUT2D eigenvalue weighted by Gasteiger charge is -2.25. The topological polar surface area (TPSA) is 121 Å². The van der Waals surface area contributed by atoms with E-state index in [0.29, 0.717) is 35.6 Å². The molecule has 0 saturated carbocycles. The van der Waals surface area contributed by atoms with Gasteiger partial charge in [-0.1, -0.05) is 18.2 Å². The van der Waals surface area contributed by atoms with Crippen molar-refractivity contribution in [1.82, 2.24) is 19.2 Å². The molecule has 1 atom stereocenters. The van der Waals surface area contributed by atoms with E-state index >= 15 is 0 Å². The summed E-state index contributed by atoms with van der Waals surface area (Å²) in [6.07, 6.45) is 2.31. The number of nitro groups is 1. The quantitative estimate of drug-likeness (QED) is 0.182. The van der Waals surface area contributed by atoms with E-state index in [2.05, 4.69) is 4.98 Å². The second kappa shape index (κ2) is 9.30. The molecule has 1 aliphatic rings. The van der Waals surface area contributed by atoms with Crippen molar-refractivity contribution in [2.24, 2.45) is 0 Å². The fourth-order valence-corrected chi connectivity index (χ4v) is 4.55. The van der Waals surface area contributed by atoms with E-state index in [1.54, 1.807) is 29.7 Å². The van der Waals surface area contributed by atoms with Crippen LogP contribution in [0.1, 0.15) is 35.0 Å². The van der Waals surface area contributed by atoms with Gasteiger partial charge in [-0.25, -0.2) is 4.98 Å². The lowest BCUT2D eigenvalue weighted by Crippen LogP contribution is -2.32. The fourth-order valence-electron chi connectivity index (χ4n) is 4.55. The van der Waals surface area contributed by atoms with Crippen LogP contribution in [-0.4, -0.2) is 68.1 Å². The zero-order valence-electron chi connectivity index (χ0n) is 20.1. The van der Waals surface area contributed by atoms with Crippen molar-refractivity contribution < 1.29 is 19.6 Å². The van der Waals surface area contributed by atoms with Gasteiger partial charge in [-0.15, -0.1) is 0 Å². The van der Waals surface area contributed by atoms with Gasteiger partial charge in [0.25, 0.3) is 17.4 Å². The second-order valence-electron chi connectivity index (χ2n) is 8.93. The number of nitro benzene ring substituents is 1. The second-order valence-corrected chi connectivity index (χ2v) is 8.93. The number of ketones is 1. The predicted octanol–water partition coefficient (Wildman–Crippen LogP) is 3.23. The van der Waals surface area contributed by atoms with Crippen LogP contribution in [0.3, 0.4) is 0 Å². The molecule has 0 bridgehead atoms. The third kappa shape index (κ3) is 4.28. The smallest absolute Gasteiger partial charge is 0.295 e. The number of nitrogens with zero attached hydrogens (tertiary/aromatic N) is 5. The van der Waals surface area contributed by atoms with E-state index in [0.717, 1.165) is 5.56 Å². The lowest BCUT2D eigenvalue weighted by molar-refractivity contribution is -0.384. The van der Waals surface area contributed by atoms with Gasteiger partial charge in [0.05, 0.1) is 22.2 Å². The fraction of sp³-hybridized carbons (Fsp3) is 0.320. The van der Waals surface area contributed by atoms with E-state index in [9.17, 15) is 24.8 Å². The van der Waals surface area contributed by atoms with Gasteiger partial charge in [0, 0.05) is 24.9 Å². The number of benzene rings is 1. The van der Waals surface area contributed by atoms with Gasteiger partial charge in [-0.05, 0) is 58.1 Å². The Balaban J connectivity index is 1.92. The molecule has 1 aromatic carbocycles. The van der Waals surface area contributed by atoms with Crippen molar-refractivity contribution >= 4 is 28.8 Å². The molecular weight excluding hydrogens is 450 g/mol. The van der Waals surface area contributed by atoms with Crippen molar-refractivity contribution in [3.05, 3.63) is 80.8 Å². The molecule has 1 fully saturated rings. The summed E-state index contributed by atoms with van der Waals surface area (Å²) in [5.74, 6) is -1.93. The molecule has 1 saturated heterocycles. The molecule has 0 aliphatic carbocycles. The first kappa shape index (κ1) is 24.1. The minimum Gasteiger partial charge on any atom is -0.505 e. The number of aliphatic hydroxyl groups excluding tert-OH is 1. The Morgan fingerprint density at radius 1 is 1.20 bits per heavy atom. The van der Waals surface area contributed by atoms with E-state index in [-0.39, 0.29) is 23.6 Å². The SMILES string of the molecule is Cc1nc2c(C)cccn2c1/C(O)=C1\C(=O)C(=O)N(CCCN(C)C)[C@@H]1c1cccc([N+](=O)[O-])c1. The first-order valence-electron chi connectivity index (χ1n) is 11.2. The highest BCUT2D eigenvalue weighted by molar-refractivity contribution is 6.46. The number of imidazole rings is 1. The van der Waals surface area contributed by atoms with Crippen molar-refractivity contribution in [3.8, 4) is 0 Å². The summed E-state index contributed by atoms with van der Waals surface area (Å²) < 4.78 is 1.68. The van der Waals surface area contributed by atoms with Crippen LogP contribution in [0.2, 0.25) is 0 Å². The van der Waals surface area contributed by atoms with Crippen LogP contribution >= 0.6 is 0 Å². The number of hydrogen-bond acceptors (Lipinski definition) is 7. The minimum absolute atomic E-state index is 0.105. The van der Waals surface area contributed by atoms with Crippen LogP contribution < -0.4 is 0 Å². The molecule has 35 heavy (non-hydrogen) atoms. The largest absolute Gasteiger partial charge is 0.505 e. The van der Waals surface area contributed by atoms with Gasteiger partial charge in [-0.2, -0.15) is 0 Å². The average Bonchev–Trinajstić information content (AvgIpc) is 3.28. The number of aliphatic hydroxyl groups is 1. The van der Waals surface area contributed by atoms with Crippen molar-refractivity contribution in [1.29, 1.82) is 0 Å². The number of fused-ring (bicyclic) bond motifs is 1. The maximum absolute atomic E-state index is 13.3. The molecular formula is C25H27N5O5. The van der Waals surface area contributed by atoms with Gasteiger partial charge in [0.1, 0.15) is 11.3 Å². The summed E-state index contributed by atoms with van der Waals surface area (Å²) in [5, 5.41) is 22.9. The first-order chi connectivity index (χ1) is 16.6. The summed E-state index contributed by atoms with van der Waals surface area (Å²) in [5.41, 5.74) is 2.42. The minimum atomic E-state index is -0.966. The molecule has 1 amide bonds. The Kier molecular flexibility index (Phi) is 6.40. The molecule has 182 valence electrons. The van der Waals surface area contributed by atoms with E-state index in [4.69, 9.17) is 0 Å². The number of carbonyl (C=O) groups excluding carboxylic acids is 2. The standard InChI is InChI=1S/C25H27N5O5/c1-15-8-6-12-28-20(16(2)26-24(15)28)22(31)19-21(17-9-5-10-18(14-17)30(34)35)29(25(33)23(19)32)13-7-11-27(3)4/h5-6,8-10,12,14,21,31H,7,11,13H2,1-4H3/b22-19+/t21-/m1/s1. The lowest BCUT2D eigenvalue weighted by atomic mass is 9.96. The highest BCUT2D eigenvalue weighted by Gasteiger charge is 2.46. The summed E-state index contributed by atoms with van der Waals surface area (Å²) in [6.45, 7) is 4.53. The van der Waals surface area contributed by atoms with Crippen LogP contribution in [0.15, 0.2) is 48.2 Å². The number of carbonyl (C=O) groups is 2. The van der Waals surface area contributed by atoms with Crippen LogP contribution in [0, 0.1) is 24.0 Å². The van der Waals surface area contributed by atoms with Crippen LogP contribution in [0.25, 0.3) is 11.4 Å². The Morgan fingerprint density at radius 2 is 1.94 bits per heavy atom. The van der Waals surface area contributed by atoms with Crippen LogP contribution in [-0.2, 0) is 9.59 Å². The van der Waals surface area contributed by atoms with Gasteiger partial charge >= 0.3 is 0 Å². The van der Waals surface area contributed by atoms with Gasteiger partial charge in [-0.3, -0.25) is 24.1 Å². The van der Waals surface area contributed by atoms with Gasteiger partial charge < -0.3 is 14.9 Å². The Hall–Kier alpha value is -4.05. The van der Waals surface area contributed by atoms with Crippen LogP contribution in [0.4, 0.5) is 5.69 Å². The normalized spacial score (nSPS) is 17.6. The summed E-state index contributed by atoms with van der Waals surface area (Å²) in [7, 11) is 3.81. The number of hydrogen-bond donors (Lipinski definition) is 1. The number of pyridine rings is 1. The van der Waals surface area contributed by atoms with E-state index in [1.165, 1.54) is 23.1 Å². The average molecular weight is 478 g/mol. The molecule has 0 radical (unpaired) electrons. The summed E-state index contributed by atoms with van der Waals surface area (Å²) >= 11 is 0. The molecule has 1 aliphatic heterocycles. The van der Waals surface area contributed by atoms with Gasteiger partial charge in [0.15, 0.2) is 5.76 Å².